The van der Waals surface area contributed by atoms with Crippen LogP contribution in [0.3, 0.4) is 0 Å². The molecule has 1 unspecified atom stereocenters. The van der Waals surface area contributed by atoms with E-state index in [1.54, 1.807) is 31.4 Å². The van der Waals surface area contributed by atoms with E-state index < -0.39 is 0 Å². The molecule has 2 heterocycles. The zero-order chi connectivity index (χ0) is 27.2. The van der Waals surface area contributed by atoms with Gasteiger partial charge in [-0.1, -0.05) is 54.1 Å². The van der Waals surface area contributed by atoms with Gasteiger partial charge in [0.15, 0.2) is 0 Å². The van der Waals surface area contributed by atoms with E-state index in [1.807, 2.05) is 47.4 Å². The van der Waals surface area contributed by atoms with E-state index >= 15 is 0 Å². The number of halogens is 2. The molecule has 0 saturated carbocycles. The van der Waals surface area contributed by atoms with Crippen molar-refractivity contribution in [2.24, 2.45) is 5.41 Å². The number of likely N-dealkylation sites (tertiary alicyclic amines) is 2. The number of nitrogens with zero attached hydrogens (tertiary/aromatic N) is 2. The van der Waals surface area contributed by atoms with Gasteiger partial charge >= 0.3 is 0 Å². The Morgan fingerprint density at radius 3 is 2.25 bits per heavy atom. The summed E-state index contributed by atoms with van der Waals surface area (Å²) in [4.78, 5) is 30.9. The maximum atomic E-state index is 13.5. The minimum absolute atomic E-state index is 0. The molecule has 2 saturated heterocycles. The number of carbonyl (C=O) groups excluding carboxylic acids is 2. The van der Waals surface area contributed by atoms with E-state index in [9.17, 15) is 9.59 Å². The van der Waals surface area contributed by atoms with Gasteiger partial charge in [0.2, 0.25) is 5.91 Å². The first kappa shape index (κ1) is 29.9. The summed E-state index contributed by atoms with van der Waals surface area (Å²) in [6.45, 7) is 4.13. The third-order valence-electron chi connectivity index (χ3n) is 8.29. The van der Waals surface area contributed by atoms with Gasteiger partial charge in [0.1, 0.15) is 5.75 Å². The van der Waals surface area contributed by atoms with Crippen LogP contribution < -0.4 is 10.1 Å². The molecule has 212 valence electrons. The highest BCUT2D eigenvalue weighted by Gasteiger charge is 2.47. The van der Waals surface area contributed by atoms with Crippen molar-refractivity contribution in [1.29, 1.82) is 0 Å². The first-order valence-electron chi connectivity index (χ1n) is 13.7. The zero-order valence-corrected chi connectivity index (χ0v) is 24.4. The number of piperidine rings is 1. The molecular formula is C32H37Cl2N3O3. The van der Waals surface area contributed by atoms with E-state index in [2.05, 4.69) is 22.3 Å². The second-order valence-corrected chi connectivity index (χ2v) is 11.1. The lowest BCUT2D eigenvalue weighted by molar-refractivity contribution is -0.138. The Labute approximate surface area is 248 Å². The largest absolute Gasteiger partial charge is 0.497 e. The predicted octanol–water partition coefficient (Wildman–Crippen LogP) is 6.15. The van der Waals surface area contributed by atoms with Crippen LogP contribution in [0.25, 0.3) is 0 Å². The summed E-state index contributed by atoms with van der Waals surface area (Å²) < 4.78 is 5.25. The third-order valence-corrected chi connectivity index (χ3v) is 8.55. The lowest BCUT2D eigenvalue weighted by Crippen LogP contribution is -2.45. The molecule has 0 bridgehead atoms. The van der Waals surface area contributed by atoms with E-state index in [4.69, 9.17) is 16.3 Å². The zero-order valence-electron chi connectivity index (χ0n) is 22.9. The van der Waals surface area contributed by atoms with Gasteiger partial charge in [0, 0.05) is 30.2 Å². The number of rotatable bonds is 9. The average Bonchev–Trinajstić information content (AvgIpc) is 3.27. The molecule has 2 aliphatic rings. The predicted molar refractivity (Wildman–Crippen MR) is 161 cm³/mol. The molecule has 2 amide bonds. The normalized spacial score (nSPS) is 17.4. The number of hydrogen-bond acceptors (Lipinski definition) is 4. The number of ether oxygens (including phenoxy) is 1. The Balaban J connectivity index is 0.00000370. The van der Waals surface area contributed by atoms with Crippen LogP contribution in [0, 0.1) is 5.41 Å². The van der Waals surface area contributed by atoms with Crippen LogP contribution in [0.15, 0.2) is 78.9 Å². The molecule has 0 aromatic heterocycles. The Kier molecular flexibility index (Phi) is 10.1. The van der Waals surface area contributed by atoms with Crippen molar-refractivity contribution < 1.29 is 14.3 Å². The van der Waals surface area contributed by atoms with Crippen molar-refractivity contribution in [2.75, 3.05) is 33.3 Å². The van der Waals surface area contributed by atoms with E-state index in [-0.39, 0.29) is 29.8 Å². The smallest absolute Gasteiger partial charge is 0.251 e. The molecule has 8 heteroatoms. The standard InChI is InChI=1S/C32H36ClN3O3.ClH/c1-39-28-13-7-24(8-14-28)23-36-22-18-32(31(36)38)16-20-35(21-17-32)19-15-29(25-5-3-2-4-6-25)34-30(37)26-9-11-27(33)12-10-26;/h2-14,29H,15-23H2,1H3,(H,34,37);1H. The Hall–Kier alpha value is -3.06. The molecule has 2 aliphatic heterocycles. The molecule has 6 nitrogen and oxygen atoms in total. The summed E-state index contributed by atoms with van der Waals surface area (Å²) in [5.74, 6) is 1.02. The maximum absolute atomic E-state index is 13.5. The molecule has 2 fully saturated rings. The molecule has 3 aromatic carbocycles. The van der Waals surface area contributed by atoms with Crippen LogP contribution in [-0.2, 0) is 11.3 Å². The van der Waals surface area contributed by atoms with E-state index in [1.165, 1.54) is 0 Å². The third kappa shape index (κ3) is 6.98. The van der Waals surface area contributed by atoms with Crippen molar-refractivity contribution in [3.8, 4) is 5.75 Å². The Morgan fingerprint density at radius 2 is 1.60 bits per heavy atom. The van der Waals surface area contributed by atoms with Crippen LogP contribution in [0.1, 0.15) is 53.2 Å². The van der Waals surface area contributed by atoms with Gasteiger partial charge in [0.05, 0.1) is 18.6 Å². The van der Waals surface area contributed by atoms with E-state index in [0.717, 1.165) is 68.7 Å². The van der Waals surface area contributed by atoms with Crippen LogP contribution in [0.5, 0.6) is 5.75 Å². The number of amides is 2. The molecular weight excluding hydrogens is 545 g/mol. The SMILES string of the molecule is COc1ccc(CN2CCC3(CCN(CCC(NC(=O)c4ccc(Cl)cc4)c4ccccc4)CC3)C2=O)cc1.Cl. The van der Waals surface area contributed by atoms with E-state index in [0.29, 0.717) is 23.0 Å². The number of benzene rings is 3. The minimum atomic E-state index is -0.232. The highest BCUT2D eigenvalue weighted by Crippen LogP contribution is 2.42. The summed E-state index contributed by atoms with van der Waals surface area (Å²) in [7, 11) is 1.66. The minimum Gasteiger partial charge on any atom is -0.497 e. The number of carbonyl (C=O) groups is 2. The van der Waals surface area contributed by atoms with Crippen LogP contribution in [0.4, 0.5) is 0 Å². The van der Waals surface area contributed by atoms with Gasteiger partial charge in [-0.2, -0.15) is 0 Å². The molecule has 1 N–H and O–H groups in total. The fraction of sp³-hybridized carbons (Fsp3) is 0.375. The van der Waals surface area contributed by atoms with Crippen molar-refractivity contribution in [1.82, 2.24) is 15.1 Å². The first-order chi connectivity index (χ1) is 19.0. The monoisotopic (exact) mass is 581 g/mol. The van der Waals surface area contributed by atoms with Gasteiger partial charge in [-0.05, 0) is 86.3 Å². The number of nitrogens with one attached hydrogen (secondary N) is 1. The van der Waals surface area contributed by atoms with Gasteiger partial charge in [-0.25, -0.2) is 0 Å². The molecule has 40 heavy (non-hydrogen) atoms. The fourth-order valence-corrected chi connectivity index (χ4v) is 5.95. The summed E-state index contributed by atoms with van der Waals surface area (Å²) in [5, 5.41) is 3.83. The van der Waals surface area contributed by atoms with Crippen molar-refractivity contribution in [3.63, 3.8) is 0 Å². The van der Waals surface area contributed by atoms with Crippen molar-refractivity contribution >= 4 is 35.8 Å². The van der Waals surface area contributed by atoms with Gasteiger partial charge < -0.3 is 19.9 Å². The lowest BCUT2D eigenvalue weighted by atomic mass is 9.77. The quantitative estimate of drug-likeness (QED) is 0.329. The highest BCUT2D eigenvalue weighted by molar-refractivity contribution is 6.30. The molecule has 1 spiro atoms. The number of hydrogen-bond donors (Lipinski definition) is 1. The number of methoxy groups -OCH3 is 1. The summed E-state index contributed by atoms with van der Waals surface area (Å²) in [6, 6.07) is 25.0. The molecule has 0 aliphatic carbocycles. The molecule has 3 aromatic rings. The van der Waals surface area contributed by atoms with Gasteiger partial charge in [-0.15, -0.1) is 12.4 Å². The fourth-order valence-electron chi connectivity index (χ4n) is 5.83. The van der Waals surface area contributed by atoms with Crippen LogP contribution in [0.2, 0.25) is 5.02 Å². The lowest BCUT2D eigenvalue weighted by Gasteiger charge is -2.38. The second kappa shape index (κ2) is 13.5. The van der Waals surface area contributed by atoms with Crippen molar-refractivity contribution in [2.45, 2.75) is 38.3 Å². The first-order valence-corrected chi connectivity index (χ1v) is 14.1. The Morgan fingerprint density at radius 1 is 0.950 bits per heavy atom. The average molecular weight is 583 g/mol. The molecule has 0 radical (unpaired) electrons. The Bertz CT molecular complexity index is 1260. The second-order valence-electron chi connectivity index (χ2n) is 10.7. The maximum Gasteiger partial charge on any atom is 0.251 e. The molecule has 1 atom stereocenters. The summed E-state index contributed by atoms with van der Waals surface area (Å²) >= 11 is 6.00. The van der Waals surface area contributed by atoms with Crippen LogP contribution in [-0.4, -0.2) is 54.9 Å². The summed E-state index contributed by atoms with van der Waals surface area (Å²) in [6.07, 6.45) is 3.50. The van der Waals surface area contributed by atoms with Crippen molar-refractivity contribution in [3.05, 3.63) is 101 Å². The molecule has 5 rings (SSSR count). The highest BCUT2D eigenvalue weighted by atomic mass is 35.5. The van der Waals surface area contributed by atoms with Crippen LogP contribution >= 0.6 is 24.0 Å². The van der Waals surface area contributed by atoms with Gasteiger partial charge in [-0.3, -0.25) is 9.59 Å². The topological polar surface area (TPSA) is 61.9 Å². The van der Waals surface area contributed by atoms with Gasteiger partial charge in [0.25, 0.3) is 5.91 Å². The summed E-state index contributed by atoms with van der Waals surface area (Å²) in [5.41, 5.74) is 2.59.